The number of para-hydroxylation sites is 1. The van der Waals surface area contributed by atoms with Gasteiger partial charge < -0.3 is 4.90 Å². The predicted molar refractivity (Wildman–Crippen MR) is 116 cm³/mol. The summed E-state index contributed by atoms with van der Waals surface area (Å²) in [6.07, 6.45) is 10.7. The SMILES string of the molecule is c1ccc(N2CCN(C3CCCN(C4C5CC6CC(C5)CC4C6)C3)CC2)cc1. The molecule has 6 fully saturated rings. The average molecular weight is 380 g/mol. The van der Waals surface area contributed by atoms with E-state index in [1.165, 1.54) is 57.8 Å². The quantitative estimate of drug-likeness (QED) is 0.783. The molecule has 0 spiro atoms. The molecule has 2 heterocycles. The Hall–Kier alpha value is -1.06. The van der Waals surface area contributed by atoms with E-state index in [1.807, 2.05) is 0 Å². The number of anilines is 1. The molecule has 0 aromatic heterocycles. The number of piperazine rings is 1. The summed E-state index contributed by atoms with van der Waals surface area (Å²) >= 11 is 0. The van der Waals surface area contributed by atoms with Crippen LogP contribution in [0, 0.1) is 23.7 Å². The monoisotopic (exact) mass is 379 g/mol. The van der Waals surface area contributed by atoms with E-state index in [2.05, 4.69) is 45.0 Å². The average Bonchev–Trinajstić information content (AvgIpc) is 2.74. The number of rotatable bonds is 3. The van der Waals surface area contributed by atoms with Crippen LogP contribution < -0.4 is 4.90 Å². The van der Waals surface area contributed by atoms with Gasteiger partial charge in [0.1, 0.15) is 0 Å². The Labute approximate surface area is 171 Å². The number of piperidine rings is 1. The minimum absolute atomic E-state index is 0.809. The highest BCUT2D eigenvalue weighted by Gasteiger charge is 2.50. The first-order valence-electron chi connectivity index (χ1n) is 12.1. The fourth-order valence-electron chi connectivity index (χ4n) is 8.03. The van der Waals surface area contributed by atoms with Crippen LogP contribution in [0.3, 0.4) is 0 Å². The molecule has 4 aliphatic carbocycles. The molecule has 28 heavy (non-hydrogen) atoms. The van der Waals surface area contributed by atoms with Gasteiger partial charge in [-0.05, 0) is 87.3 Å². The van der Waals surface area contributed by atoms with Crippen LogP contribution in [0.15, 0.2) is 30.3 Å². The first-order chi connectivity index (χ1) is 13.8. The molecule has 1 unspecified atom stereocenters. The minimum atomic E-state index is 0.809. The van der Waals surface area contributed by atoms with Crippen molar-refractivity contribution < 1.29 is 0 Å². The highest BCUT2D eigenvalue weighted by molar-refractivity contribution is 5.46. The standard InChI is InChI=1S/C25H37N3/c1-2-5-23(6-3-1)26-9-11-27(12-10-26)24-7-4-8-28(18-24)25-21-14-19-13-20(16-21)17-22(25)15-19/h1-3,5-6,19-22,24-25H,4,7-18H2. The van der Waals surface area contributed by atoms with Gasteiger partial charge in [0.2, 0.25) is 0 Å². The van der Waals surface area contributed by atoms with Crippen molar-refractivity contribution in [2.24, 2.45) is 23.7 Å². The van der Waals surface area contributed by atoms with E-state index < -0.39 is 0 Å². The van der Waals surface area contributed by atoms with Crippen molar-refractivity contribution in [1.29, 1.82) is 0 Å². The summed E-state index contributed by atoms with van der Waals surface area (Å²) in [6, 6.07) is 12.8. The van der Waals surface area contributed by atoms with Gasteiger partial charge in [0.05, 0.1) is 0 Å². The molecule has 0 amide bonds. The topological polar surface area (TPSA) is 9.72 Å². The van der Waals surface area contributed by atoms with Crippen molar-refractivity contribution in [2.75, 3.05) is 44.2 Å². The molecule has 4 saturated carbocycles. The van der Waals surface area contributed by atoms with E-state index in [1.54, 1.807) is 32.1 Å². The van der Waals surface area contributed by atoms with Crippen molar-refractivity contribution in [3.63, 3.8) is 0 Å². The molecule has 0 N–H and O–H groups in total. The van der Waals surface area contributed by atoms with Gasteiger partial charge in [-0.1, -0.05) is 18.2 Å². The molecule has 2 aliphatic heterocycles. The van der Waals surface area contributed by atoms with Crippen LogP contribution in [0.1, 0.15) is 44.9 Å². The molecule has 2 saturated heterocycles. The van der Waals surface area contributed by atoms with Gasteiger partial charge in [-0.25, -0.2) is 0 Å². The van der Waals surface area contributed by atoms with Gasteiger partial charge in [-0.2, -0.15) is 0 Å². The third kappa shape index (κ3) is 3.19. The summed E-state index contributed by atoms with van der Waals surface area (Å²) in [6.45, 7) is 7.62. The van der Waals surface area contributed by atoms with Crippen molar-refractivity contribution in [3.05, 3.63) is 30.3 Å². The highest BCUT2D eigenvalue weighted by atomic mass is 15.3. The van der Waals surface area contributed by atoms with Gasteiger partial charge >= 0.3 is 0 Å². The zero-order chi connectivity index (χ0) is 18.5. The molecule has 1 atom stereocenters. The molecule has 7 rings (SSSR count). The molecule has 0 radical (unpaired) electrons. The van der Waals surface area contributed by atoms with Crippen LogP contribution in [0.4, 0.5) is 5.69 Å². The van der Waals surface area contributed by atoms with Crippen molar-refractivity contribution in [3.8, 4) is 0 Å². The van der Waals surface area contributed by atoms with E-state index in [4.69, 9.17) is 0 Å². The van der Waals surface area contributed by atoms with Gasteiger partial charge in [-0.15, -0.1) is 0 Å². The Morgan fingerprint density at radius 3 is 2.04 bits per heavy atom. The highest BCUT2D eigenvalue weighted by Crippen LogP contribution is 2.55. The zero-order valence-corrected chi connectivity index (χ0v) is 17.4. The lowest BCUT2D eigenvalue weighted by atomic mass is 9.53. The molecule has 1 aromatic rings. The fourth-order valence-corrected chi connectivity index (χ4v) is 8.03. The lowest BCUT2D eigenvalue weighted by Crippen LogP contribution is -2.61. The van der Waals surface area contributed by atoms with Crippen molar-refractivity contribution >= 4 is 5.69 Å². The first kappa shape index (κ1) is 17.8. The summed E-state index contributed by atoms with van der Waals surface area (Å²) in [4.78, 5) is 8.40. The smallest absolute Gasteiger partial charge is 0.0367 e. The van der Waals surface area contributed by atoms with Gasteiger partial charge in [0.15, 0.2) is 0 Å². The Morgan fingerprint density at radius 1 is 0.679 bits per heavy atom. The van der Waals surface area contributed by atoms with E-state index in [9.17, 15) is 0 Å². The van der Waals surface area contributed by atoms with E-state index in [-0.39, 0.29) is 0 Å². The number of benzene rings is 1. The van der Waals surface area contributed by atoms with Crippen LogP contribution >= 0.6 is 0 Å². The molecule has 6 aliphatic rings. The van der Waals surface area contributed by atoms with Crippen LogP contribution in [0.5, 0.6) is 0 Å². The third-order valence-electron chi connectivity index (χ3n) is 8.98. The largest absolute Gasteiger partial charge is 0.369 e. The van der Waals surface area contributed by atoms with Gasteiger partial charge in [-0.3, -0.25) is 9.80 Å². The molecule has 4 bridgehead atoms. The number of hydrogen-bond donors (Lipinski definition) is 0. The van der Waals surface area contributed by atoms with E-state index in [0.29, 0.717) is 0 Å². The lowest BCUT2D eigenvalue weighted by Gasteiger charge is -2.58. The summed E-state index contributed by atoms with van der Waals surface area (Å²) in [5.41, 5.74) is 1.40. The Kier molecular flexibility index (Phi) is 4.65. The fraction of sp³-hybridized carbons (Fsp3) is 0.760. The minimum Gasteiger partial charge on any atom is -0.369 e. The molecule has 1 aromatic carbocycles. The maximum Gasteiger partial charge on any atom is 0.0367 e. The zero-order valence-electron chi connectivity index (χ0n) is 17.4. The number of nitrogens with zero attached hydrogens (tertiary/aromatic N) is 3. The normalized spacial score (nSPS) is 41.5. The Balaban J connectivity index is 1.09. The van der Waals surface area contributed by atoms with Crippen LogP contribution in [0.25, 0.3) is 0 Å². The molecule has 3 heteroatoms. The number of likely N-dealkylation sites (tertiary alicyclic amines) is 1. The molecule has 152 valence electrons. The summed E-state index contributed by atoms with van der Waals surface area (Å²) in [5.74, 6) is 4.30. The predicted octanol–water partition coefficient (Wildman–Crippen LogP) is 4.10. The summed E-state index contributed by atoms with van der Waals surface area (Å²) in [5, 5.41) is 0. The van der Waals surface area contributed by atoms with E-state index >= 15 is 0 Å². The van der Waals surface area contributed by atoms with Gasteiger partial charge in [0, 0.05) is 50.5 Å². The summed E-state index contributed by atoms with van der Waals surface area (Å²) < 4.78 is 0. The van der Waals surface area contributed by atoms with Crippen molar-refractivity contribution in [2.45, 2.75) is 57.0 Å². The van der Waals surface area contributed by atoms with Crippen LogP contribution in [0.2, 0.25) is 0 Å². The molecular formula is C25H37N3. The summed E-state index contributed by atoms with van der Waals surface area (Å²) in [7, 11) is 0. The van der Waals surface area contributed by atoms with Crippen LogP contribution in [-0.4, -0.2) is 61.2 Å². The molecular weight excluding hydrogens is 342 g/mol. The lowest BCUT2D eigenvalue weighted by molar-refractivity contribution is -0.0795. The second-order valence-corrected chi connectivity index (χ2v) is 10.6. The van der Waals surface area contributed by atoms with Crippen molar-refractivity contribution in [1.82, 2.24) is 9.80 Å². The maximum atomic E-state index is 2.99. The van der Waals surface area contributed by atoms with Gasteiger partial charge in [0.25, 0.3) is 0 Å². The maximum absolute atomic E-state index is 2.99. The number of hydrogen-bond acceptors (Lipinski definition) is 3. The Morgan fingerprint density at radius 2 is 1.36 bits per heavy atom. The first-order valence-corrected chi connectivity index (χ1v) is 12.1. The second-order valence-electron chi connectivity index (χ2n) is 10.6. The molecule has 3 nitrogen and oxygen atoms in total. The second kappa shape index (κ2) is 7.32. The Bertz CT molecular complexity index is 638. The van der Waals surface area contributed by atoms with E-state index in [0.717, 1.165) is 35.8 Å². The third-order valence-corrected chi connectivity index (χ3v) is 8.98. The van der Waals surface area contributed by atoms with Crippen LogP contribution in [-0.2, 0) is 0 Å².